The Balaban J connectivity index is 1.92. The van der Waals surface area contributed by atoms with Crippen LogP contribution in [-0.2, 0) is 14.8 Å². The minimum Gasteiger partial charge on any atom is -0.376 e. The fourth-order valence-electron chi connectivity index (χ4n) is 2.54. The molecule has 0 saturated carbocycles. The lowest BCUT2D eigenvalue weighted by Crippen LogP contribution is -2.27. The molecule has 0 aliphatic carbocycles. The lowest BCUT2D eigenvalue weighted by atomic mass is 10.0. The number of carbonyl (C=O) groups is 1. The van der Waals surface area contributed by atoms with Crippen LogP contribution >= 0.6 is 0 Å². The Morgan fingerprint density at radius 3 is 2.18 bits per heavy atom. The number of hydrogen-bond donors (Lipinski definition) is 2. The molecule has 0 saturated heterocycles. The lowest BCUT2D eigenvalue weighted by Gasteiger charge is -2.15. The van der Waals surface area contributed by atoms with E-state index in [1.165, 1.54) is 35.1 Å². The Morgan fingerprint density at radius 1 is 1.07 bits per heavy atom. The maximum atomic E-state index is 12.4. The summed E-state index contributed by atoms with van der Waals surface area (Å²) in [5.41, 5.74) is 2.61. The topological polar surface area (TPSA) is 78.5 Å². The second kappa shape index (κ2) is 9.52. The van der Waals surface area contributed by atoms with E-state index in [-0.39, 0.29) is 23.9 Å². The first kappa shape index (κ1) is 21.7. The maximum Gasteiger partial charge on any atom is 0.243 e. The molecule has 0 atom stereocenters. The summed E-state index contributed by atoms with van der Waals surface area (Å²) in [6, 6.07) is 14.1. The van der Waals surface area contributed by atoms with Gasteiger partial charge in [0.25, 0.3) is 0 Å². The lowest BCUT2D eigenvalue weighted by molar-refractivity contribution is -0.114. The molecule has 0 unspecified atom stereocenters. The van der Waals surface area contributed by atoms with Gasteiger partial charge in [-0.25, -0.2) is 8.42 Å². The third kappa shape index (κ3) is 5.68. The predicted octanol–water partition coefficient (Wildman–Crippen LogP) is 3.67. The maximum absolute atomic E-state index is 12.4. The van der Waals surface area contributed by atoms with Gasteiger partial charge in [-0.1, -0.05) is 32.1 Å². The van der Waals surface area contributed by atoms with E-state index in [4.69, 9.17) is 0 Å². The summed E-state index contributed by atoms with van der Waals surface area (Å²) in [6.45, 7) is 8.10. The normalized spacial score (nSPS) is 11.5. The summed E-state index contributed by atoms with van der Waals surface area (Å²) in [7, 11) is -2.04. The molecule has 0 fully saturated rings. The summed E-state index contributed by atoms with van der Waals surface area (Å²) in [6.07, 6.45) is 1.53. The van der Waals surface area contributed by atoms with Crippen LogP contribution in [0.3, 0.4) is 0 Å². The molecule has 0 bridgehead atoms. The molecule has 1 amide bonds. The van der Waals surface area contributed by atoms with Crippen LogP contribution in [0.25, 0.3) is 0 Å². The molecule has 150 valence electrons. The third-order valence-corrected chi connectivity index (χ3v) is 6.10. The van der Waals surface area contributed by atoms with E-state index in [9.17, 15) is 13.2 Å². The van der Waals surface area contributed by atoms with Gasteiger partial charge < -0.3 is 10.6 Å². The van der Waals surface area contributed by atoms with Crippen LogP contribution in [0, 0.1) is 0 Å². The standard InChI is InChI=1S/C21H27N3O3S/c1-5-14-24(4)28(26,27)20-12-10-18(11-13-20)22-15-21(25)23-19-8-6-17(7-9-19)16(2)3/h5-13,16,22H,1,14-15H2,2-4H3,(H,23,25). The second-order valence-electron chi connectivity index (χ2n) is 6.78. The first-order valence-corrected chi connectivity index (χ1v) is 10.5. The van der Waals surface area contributed by atoms with Crippen molar-refractivity contribution < 1.29 is 13.2 Å². The highest BCUT2D eigenvalue weighted by atomic mass is 32.2. The Morgan fingerprint density at radius 2 is 1.64 bits per heavy atom. The van der Waals surface area contributed by atoms with Gasteiger partial charge in [0.15, 0.2) is 0 Å². The zero-order valence-electron chi connectivity index (χ0n) is 16.5. The molecule has 2 aromatic carbocycles. The number of rotatable bonds is 9. The second-order valence-corrected chi connectivity index (χ2v) is 8.82. The summed E-state index contributed by atoms with van der Waals surface area (Å²) < 4.78 is 25.9. The van der Waals surface area contributed by atoms with Crippen molar-refractivity contribution in [1.29, 1.82) is 0 Å². The Bertz CT molecular complexity index is 905. The van der Waals surface area contributed by atoms with Crippen molar-refractivity contribution in [3.8, 4) is 0 Å². The monoisotopic (exact) mass is 401 g/mol. The number of nitrogens with zero attached hydrogens (tertiary/aromatic N) is 1. The van der Waals surface area contributed by atoms with Crippen molar-refractivity contribution in [1.82, 2.24) is 4.31 Å². The summed E-state index contributed by atoms with van der Waals surface area (Å²) in [5, 5.41) is 5.82. The Labute approximate surface area is 167 Å². The van der Waals surface area contributed by atoms with Crippen LogP contribution in [0.15, 0.2) is 66.1 Å². The van der Waals surface area contributed by atoms with Gasteiger partial charge in [-0.05, 0) is 47.9 Å². The smallest absolute Gasteiger partial charge is 0.243 e. The first-order valence-electron chi connectivity index (χ1n) is 9.05. The van der Waals surface area contributed by atoms with E-state index in [0.29, 0.717) is 11.6 Å². The molecule has 2 aromatic rings. The van der Waals surface area contributed by atoms with Crippen molar-refractivity contribution in [2.75, 3.05) is 30.8 Å². The minimum atomic E-state index is -3.54. The van der Waals surface area contributed by atoms with Gasteiger partial charge in [0, 0.05) is 25.0 Å². The summed E-state index contributed by atoms with van der Waals surface area (Å²) >= 11 is 0. The van der Waals surface area contributed by atoms with E-state index in [1.54, 1.807) is 12.1 Å². The number of likely N-dealkylation sites (N-methyl/N-ethyl adjacent to an activating group) is 1. The van der Waals surface area contributed by atoms with Crippen LogP contribution in [0.4, 0.5) is 11.4 Å². The van der Waals surface area contributed by atoms with Gasteiger partial charge in [0.1, 0.15) is 0 Å². The molecule has 0 heterocycles. The molecule has 0 aliphatic rings. The molecular weight excluding hydrogens is 374 g/mol. The van der Waals surface area contributed by atoms with Crippen LogP contribution in [-0.4, -0.2) is 38.8 Å². The average molecular weight is 402 g/mol. The SMILES string of the molecule is C=CCN(C)S(=O)(=O)c1ccc(NCC(=O)Nc2ccc(C(C)C)cc2)cc1. The molecule has 7 heteroatoms. The number of hydrogen-bond acceptors (Lipinski definition) is 4. The summed E-state index contributed by atoms with van der Waals surface area (Å²) in [5.74, 6) is 0.259. The Kier molecular flexibility index (Phi) is 7.37. The van der Waals surface area contributed by atoms with Crippen molar-refractivity contribution >= 4 is 27.3 Å². The first-order chi connectivity index (χ1) is 13.2. The summed E-state index contributed by atoms with van der Waals surface area (Å²) in [4.78, 5) is 12.3. The van der Waals surface area contributed by atoms with Gasteiger partial charge >= 0.3 is 0 Å². The molecule has 0 aromatic heterocycles. The number of nitrogens with one attached hydrogen (secondary N) is 2. The number of amides is 1. The fourth-order valence-corrected chi connectivity index (χ4v) is 3.69. The average Bonchev–Trinajstić information content (AvgIpc) is 2.67. The number of anilines is 2. The minimum absolute atomic E-state index is 0.0778. The van der Waals surface area contributed by atoms with Gasteiger partial charge in [-0.2, -0.15) is 4.31 Å². The van der Waals surface area contributed by atoms with E-state index >= 15 is 0 Å². The number of carbonyl (C=O) groups excluding carboxylic acids is 1. The molecule has 6 nitrogen and oxygen atoms in total. The molecule has 0 radical (unpaired) electrons. The number of sulfonamides is 1. The van der Waals surface area contributed by atoms with E-state index in [2.05, 4.69) is 31.1 Å². The number of benzene rings is 2. The quantitative estimate of drug-likeness (QED) is 0.629. The predicted molar refractivity (Wildman–Crippen MR) is 114 cm³/mol. The zero-order chi connectivity index (χ0) is 20.7. The van der Waals surface area contributed by atoms with Crippen molar-refractivity contribution in [2.24, 2.45) is 0 Å². The van der Waals surface area contributed by atoms with E-state index in [1.807, 2.05) is 24.3 Å². The highest BCUT2D eigenvalue weighted by Crippen LogP contribution is 2.18. The van der Waals surface area contributed by atoms with Crippen LogP contribution in [0.2, 0.25) is 0 Å². The fraction of sp³-hybridized carbons (Fsp3) is 0.286. The third-order valence-electron chi connectivity index (χ3n) is 4.26. The molecule has 2 rings (SSSR count). The molecule has 2 N–H and O–H groups in total. The molecule has 0 spiro atoms. The van der Waals surface area contributed by atoms with Gasteiger partial charge in [-0.3, -0.25) is 4.79 Å². The largest absolute Gasteiger partial charge is 0.376 e. The van der Waals surface area contributed by atoms with Crippen molar-refractivity contribution in [3.63, 3.8) is 0 Å². The van der Waals surface area contributed by atoms with Crippen LogP contribution in [0.1, 0.15) is 25.3 Å². The van der Waals surface area contributed by atoms with Crippen molar-refractivity contribution in [3.05, 3.63) is 66.7 Å². The van der Waals surface area contributed by atoms with E-state index in [0.717, 1.165) is 5.69 Å². The van der Waals surface area contributed by atoms with E-state index < -0.39 is 10.0 Å². The zero-order valence-corrected chi connectivity index (χ0v) is 17.3. The van der Waals surface area contributed by atoms with Crippen molar-refractivity contribution in [2.45, 2.75) is 24.7 Å². The van der Waals surface area contributed by atoms with Gasteiger partial charge in [0.05, 0.1) is 11.4 Å². The van der Waals surface area contributed by atoms with Crippen LogP contribution < -0.4 is 10.6 Å². The Hall–Kier alpha value is -2.64. The molecule has 28 heavy (non-hydrogen) atoms. The highest BCUT2D eigenvalue weighted by molar-refractivity contribution is 7.89. The van der Waals surface area contributed by atoms with Crippen LogP contribution in [0.5, 0.6) is 0 Å². The molecule has 0 aliphatic heterocycles. The highest BCUT2D eigenvalue weighted by Gasteiger charge is 2.19. The molecular formula is C21H27N3O3S. The van der Waals surface area contributed by atoms with Gasteiger partial charge in [-0.15, -0.1) is 6.58 Å². The van der Waals surface area contributed by atoms with Gasteiger partial charge in [0.2, 0.25) is 15.9 Å².